The second-order valence-corrected chi connectivity index (χ2v) is 6.90. The first kappa shape index (κ1) is 19.6. The Hall–Kier alpha value is -2.69. The highest BCUT2D eigenvalue weighted by molar-refractivity contribution is 6.00. The average Bonchev–Trinajstić information content (AvgIpc) is 2.59. The van der Waals surface area contributed by atoms with Gasteiger partial charge in [-0.25, -0.2) is 4.79 Å². The second kappa shape index (κ2) is 8.13. The molecule has 26 heavy (non-hydrogen) atoms. The molecule has 0 bridgehead atoms. The lowest BCUT2D eigenvalue weighted by atomic mass is 9.72. The van der Waals surface area contributed by atoms with Gasteiger partial charge >= 0.3 is 11.9 Å². The SMILES string of the molecule is CCCCc1ccc(C(=O)CC2(C(=O)O)C=C(C)C=C(C(=O)O)C2)cc1. The zero-order chi connectivity index (χ0) is 19.3. The Balaban J connectivity index is 2.23. The van der Waals surface area contributed by atoms with Crippen molar-refractivity contribution in [3.05, 3.63) is 58.7 Å². The summed E-state index contributed by atoms with van der Waals surface area (Å²) in [6.45, 7) is 3.76. The van der Waals surface area contributed by atoms with Crippen LogP contribution in [0.3, 0.4) is 0 Å². The fraction of sp³-hybridized carbons (Fsp3) is 0.381. The predicted octanol–water partition coefficient (Wildman–Crippen LogP) is 4.03. The molecule has 1 aliphatic carbocycles. The number of ketones is 1. The second-order valence-electron chi connectivity index (χ2n) is 6.90. The van der Waals surface area contributed by atoms with E-state index >= 15 is 0 Å². The molecule has 0 saturated heterocycles. The maximum atomic E-state index is 12.7. The van der Waals surface area contributed by atoms with Crippen molar-refractivity contribution in [3.63, 3.8) is 0 Å². The molecule has 5 nitrogen and oxygen atoms in total. The summed E-state index contributed by atoms with van der Waals surface area (Å²) in [6.07, 6.45) is 5.59. The Morgan fingerprint density at radius 1 is 1.12 bits per heavy atom. The molecular weight excluding hydrogens is 332 g/mol. The third kappa shape index (κ3) is 4.48. The van der Waals surface area contributed by atoms with Gasteiger partial charge in [-0.1, -0.05) is 49.3 Å². The van der Waals surface area contributed by atoms with Crippen LogP contribution in [0.25, 0.3) is 0 Å². The van der Waals surface area contributed by atoms with Crippen LogP contribution < -0.4 is 0 Å². The quantitative estimate of drug-likeness (QED) is 0.686. The fourth-order valence-corrected chi connectivity index (χ4v) is 3.28. The van der Waals surface area contributed by atoms with Crippen LogP contribution in [0.1, 0.15) is 55.5 Å². The molecule has 5 heteroatoms. The Bertz CT molecular complexity index is 770. The van der Waals surface area contributed by atoms with Gasteiger partial charge in [0.1, 0.15) is 0 Å². The van der Waals surface area contributed by atoms with Crippen molar-refractivity contribution in [1.29, 1.82) is 0 Å². The summed E-state index contributed by atoms with van der Waals surface area (Å²) in [4.78, 5) is 35.9. The molecule has 2 rings (SSSR count). The number of carboxylic acid groups (broad SMARTS) is 2. The molecule has 0 aromatic heterocycles. The number of unbranched alkanes of at least 4 members (excludes halogenated alkanes) is 1. The number of hydrogen-bond donors (Lipinski definition) is 2. The summed E-state index contributed by atoms with van der Waals surface area (Å²) >= 11 is 0. The van der Waals surface area contributed by atoms with Gasteiger partial charge in [0.2, 0.25) is 0 Å². The predicted molar refractivity (Wildman–Crippen MR) is 98.2 cm³/mol. The number of Topliss-reactive ketones (excluding diaryl/α,β-unsaturated/α-hetero) is 1. The molecule has 138 valence electrons. The lowest BCUT2D eigenvalue weighted by molar-refractivity contribution is -0.146. The van der Waals surface area contributed by atoms with E-state index in [1.165, 1.54) is 12.2 Å². The zero-order valence-corrected chi connectivity index (χ0v) is 15.1. The van der Waals surface area contributed by atoms with Crippen LogP contribution >= 0.6 is 0 Å². The van der Waals surface area contributed by atoms with E-state index in [0.717, 1.165) is 24.8 Å². The number of benzene rings is 1. The van der Waals surface area contributed by atoms with E-state index in [-0.39, 0.29) is 24.2 Å². The standard InChI is InChI=1S/C21H24O5/c1-3-4-5-15-6-8-16(9-7-15)18(22)13-21(20(25)26)11-14(2)10-17(12-21)19(23)24/h6-11H,3-5,12-13H2,1-2H3,(H,23,24)(H,25,26). The molecule has 0 radical (unpaired) electrons. The molecule has 0 fully saturated rings. The molecule has 1 atom stereocenters. The summed E-state index contributed by atoms with van der Waals surface area (Å²) in [7, 11) is 0. The maximum absolute atomic E-state index is 12.7. The number of carbonyl (C=O) groups is 3. The van der Waals surface area contributed by atoms with Gasteiger partial charge in [-0.2, -0.15) is 0 Å². The molecule has 2 N–H and O–H groups in total. The van der Waals surface area contributed by atoms with Gasteiger partial charge in [0.15, 0.2) is 5.78 Å². The monoisotopic (exact) mass is 356 g/mol. The molecule has 1 aromatic rings. The maximum Gasteiger partial charge on any atom is 0.331 e. The highest BCUT2D eigenvalue weighted by Crippen LogP contribution is 2.39. The summed E-state index contributed by atoms with van der Waals surface area (Å²) in [5.41, 5.74) is 0.614. The minimum Gasteiger partial charge on any atom is -0.481 e. The minimum atomic E-state index is -1.52. The Kier molecular flexibility index (Phi) is 6.14. The zero-order valence-electron chi connectivity index (χ0n) is 15.1. The number of carbonyl (C=O) groups excluding carboxylic acids is 1. The number of aryl methyl sites for hydroxylation is 1. The van der Waals surface area contributed by atoms with Crippen LogP contribution in [0.2, 0.25) is 0 Å². The van der Waals surface area contributed by atoms with Gasteiger partial charge in [-0.15, -0.1) is 0 Å². The summed E-state index contributed by atoms with van der Waals surface area (Å²) < 4.78 is 0. The third-order valence-electron chi connectivity index (χ3n) is 4.68. The van der Waals surface area contributed by atoms with Crippen molar-refractivity contribution in [3.8, 4) is 0 Å². The number of rotatable bonds is 8. The third-order valence-corrected chi connectivity index (χ3v) is 4.68. The van der Waals surface area contributed by atoms with Crippen LogP contribution in [-0.4, -0.2) is 27.9 Å². The van der Waals surface area contributed by atoms with Gasteiger partial charge in [0.05, 0.1) is 5.41 Å². The number of aliphatic carboxylic acids is 2. The summed E-state index contributed by atoms with van der Waals surface area (Å²) in [6, 6.07) is 7.22. The molecule has 1 aliphatic rings. The summed E-state index contributed by atoms with van der Waals surface area (Å²) in [5.74, 6) is -2.64. The molecule has 1 unspecified atom stereocenters. The molecule has 0 heterocycles. The van der Waals surface area contributed by atoms with E-state index in [2.05, 4.69) is 6.92 Å². The van der Waals surface area contributed by atoms with E-state index in [0.29, 0.717) is 11.1 Å². The van der Waals surface area contributed by atoms with Gasteiger partial charge in [0.25, 0.3) is 0 Å². The average molecular weight is 356 g/mol. The number of hydrogen-bond acceptors (Lipinski definition) is 3. The van der Waals surface area contributed by atoms with E-state index in [1.807, 2.05) is 12.1 Å². The van der Waals surface area contributed by atoms with Crippen molar-refractivity contribution in [2.75, 3.05) is 0 Å². The van der Waals surface area contributed by atoms with Crippen LogP contribution in [0.15, 0.2) is 47.6 Å². The molecule has 0 spiro atoms. The van der Waals surface area contributed by atoms with E-state index in [1.54, 1.807) is 19.1 Å². The van der Waals surface area contributed by atoms with Crippen LogP contribution in [0, 0.1) is 5.41 Å². The topological polar surface area (TPSA) is 91.7 Å². The Morgan fingerprint density at radius 3 is 2.31 bits per heavy atom. The van der Waals surface area contributed by atoms with Crippen molar-refractivity contribution in [2.45, 2.75) is 46.0 Å². The highest BCUT2D eigenvalue weighted by Gasteiger charge is 2.42. The fourth-order valence-electron chi connectivity index (χ4n) is 3.28. The first-order chi connectivity index (χ1) is 12.3. The molecule has 0 aliphatic heterocycles. The van der Waals surface area contributed by atoms with Gasteiger partial charge in [0, 0.05) is 17.6 Å². The highest BCUT2D eigenvalue weighted by atomic mass is 16.4. The minimum absolute atomic E-state index is 0.00936. The largest absolute Gasteiger partial charge is 0.481 e. The molecule has 0 saturated carbocycles. The normalized spacial score (nSPS) is 19.5. The van der Waals surface area contributed by atoms with E-state index in [9.17, 15) is 24.6 Å². The van der Waals surface area contributed by atoms with Crippen molar-refractivity contribution in [1.82, 2.24) is 0 Å². The van der Waals surface area contributed by atoms with Gasteiger partial charge in [-0.05, 0) is 37.8 Å². The van der Waals surface area contributed by atoms with Crippen molar-refractivity contribution >= 4 is 17.7 Å². The first-order valence-corrected chi connectivity index (χ1v) is 8.76. The Labute approximate surface area is 153 Å². The molecular formula is C21H24O5. The van der Waals surface area contributed by atoms with Crippen LogP contribution in [-0.2, 0) is 16.0 Å². The van der Waals surface area contributed by atoms with Crippen molar-refractivity contribution < 1.29 is 24.6 Å². The van der Waals surface area contributed by atoms with Crippen LogP contribution in [0.5, 0.6) is 0 Å². The van der Waals surface area contributed by atoms with Gasteiger partial charge in [-0.3, -0.25) is 9.59 Å². The van der Waals surface area contributed by atoms with Gasteiger partial charge < -0.3 is 10.2 Å². The van der Waals surface area contributed by atoms with Crippen LogP contribution in [0.4, 0.5) is 0 Å². The number of allylic oxidation sites excluding steroid dienone is 2. The lowest BCUT2D eigenvalue weighted by Crippen LogP contribution is -2.35. The Morgan fingerprint density at radius 2 is 1.77 bits per heavy atom. The molecule has 1 aromatic carbocycles. The number of carboxylic acids is 2. The van der Waals surface area contributed by atoms with E-state index < -0.39 is 17.4 Å². The first-order valence-electron chi connectivity index (χ1n) is 8.76. The van der Waals surface area contributed by atoms with E-state index in [4.69, 9.17) is 0 Å². The molecule has 0 amide bonds. The lowest BCUT2D eigenvalue weighted by Gasteiger charge is -2.29. The smallest absolute Gasteiger partial charge is 0.331 e. The van der Waals surface area contributed by atoms with Crippen molar-refractivity contribution in [2.24, 2.45) is 5.41 Å². The summed E-state index contributed by atoms with van der Waals surface area (Å²) in [5, 5.41) is 19.0.